The molecule has 1 aliphatic rings. The summed E-state index contributed by atoms with van der Waals surface area (Å²) in [6.45, 7) is 4.93. The standard InChI is InChI=1S/C24H29N5O3/c1-15(2)29-13-17(11-23(29)30)18-12-22(27(3)4)26-21(25-18)14-28(5)24(31)20-10-16-8-6-7-9-19(16)32-20/h6-10,12,15,17H,11,13-14H2,1-5H3/t17-/m1/s1. The second-order valence-corrected chi connectivity index (χ2v) is 8.81. The summed E-state index contributed by atoms with van der Waals surface area (Å²) in [5, 5.41) is 0.887. The van der Waals surface area contributed by atoms with E-state index in [0.29, 0.717) is 24.4 Å². The Hall–Kier alpha value is -3.42. The number of amides is 2. The number of hydrogen-bond donors (Lipinski definition) is 0. The highest BCUT2D eigenvalue weighted by Crippen LogP contribution is 2.30. The molecular weight excluding hydrogens is 406 g/mol. The number of anilines is 1. The maximum absolute atomic E-state index is 13.0. The molecule has 168 valence electrons. The van der Waals surface area contributed by atoms with E-state index >= 15 is 0 Å². The Morgan fingerprint density at radius 2 is 1.94 bits per heavy atom. The number of carbonyl (C=O) groups is 2. The molecule has 8 nitrogen and oxygen atoms in total. The van der Waals surface area contributed by atoms with Gasteiger partial charge in [-0.25, -0.2) is 9.97 Å². The molecule has 3 aromatic rings. The van der Waals surface area contributed by atoms with Gasteiger partial charge in [-0.2, -0.15) is 0 Å². The maximum Gasteiger partial charge on any atom is 0.289 e. The van der Waals surface area contributed by atoms with Gasteiger partial charge in [0.2, 0.25) is 5.91 Å². The molecule has 1 fully saturated rings. The van der Waals surface area contributed by atoms with Gasteiger partial charge < -0.3 is 19.1 Å². The minimum atomic E-state index is -0.233. The molecule has 1 saturated heterocycles. The van der Waals surface area contributed by atoms with Gasteiger partial charge in [0.05, 0.1) is 12.2 Å². The third-order valence-electron chi connectivity index (χ3n) is 5.80. The van der Waals surface area contributed by atoms with Gasteiger partial charge in [-0.05, 0) is 26.0 Å². The predicted octanol–water partition coefficient (Wildman–Crippen LogP) is 3.29. The number of rotatable bonds is 6. The molecule has 1 aromatic carbocycles. The average molecular weight is 436 g/mol. The molecule has 4 rings (SSSR count). The van der Waals surface area contributed by atoms with Crippen LogP contribution in [0.4, 0.5) is 5.82 Å². The van der Waals surface area contributed by atoms with Crippen molar-refractivity contribution in [1.29, 1.82) is 0 Å². The van der Waals surface area contributed by atoms with Crippen LogP contribution >= 0.6 is 0 Å². The molecule has 8 heteroatoms. The number of furan rings is 1. The number of aromatic nitrogens is 2. The van der Waals surface area contributed by atoms with Crippen LogP contribution in [0.3, 0.4) is 0 Å². The summed E-state index contributed by atoms with van der Waals surface area (Å²) in [4.78, 5) is 40.1. The molecule has 3 heterocycles. The fraction of sp³-hybridized carbons (Fsp3) is 0.417. The van der Waals surface area contributed by atoms with Gasteiger partial charge in [0.1, 0.15) is 17.2 Å². The van der Waals surface area contributed by atoms with Crippen LogP contribution in [0.5, 0.6) is 0 Å². The van der Waals surface area contributed by atoms with Crippen LogP contribution in [0.25, 0.3) is 11.0 Å². The van der Waals surface area contributed by atoms with Gasteiger partial charge in [0.15, 0.2) is 5.76 Å². The third kappa shape index (κ3) is 4.30. The molecule has 1 aliphatic heterocycles. The van der Waals surface area contributed by atoms with E-state index in [1.54, 1.807) is 18.0 Å². The average Bonchev–Trinajstić information content (AvgIpc) is 3.36. The van der Waals surface area contributed by atoms with Crippen LogP contribution in [-0.2, 0) is 11.3 Å². The number of hydrogen-bond acceptors (Lipinski definition) is 6. The maximum atomic E-state index is 13.0. The highest BCUT2D eigenvalue weighted by atomic mass is 16.3. The number of fused-ring (bicyclic) bond motifs is 1. The summed E-state index contributed by atoms with van der Waals surface area (Å²) in [6, 6.07) is 11.4. The van der Waals surface area contributed by atoms with Crippen LogP contribution in [0, 0.1) is 0 Å². The lowest BCUT2D eigenvalue weighted by Gasteiger charge is -2.22. The van der Waals surface area contributed by atoms with Gasteiger partial charge in [0, 0.05) is 57.5 Å². The molecule has 0 saturated carbocycles. The predicted molar refractivity (Wildman–Crippen MR) is 123 cm³/mol. The Morgan fingerprint density at radius 3 is 2.59 bits per heavy atom. The van der Waals surface area contributed by atoms with Crippen molar-refractivity contribution in [3.05, 3.63) is 53.7 Å². The van der Waals surface area contributed by atoms with Crippen LogP contribution in [-0.4, -0.2) is 65.3 Å². The van der Waals surface area contributed by atoms with E-state index < -0.39 is 0 Å². The van der Waals surface area contributed by atoms with Crippen LogP contribution in [0.2, 0.25) is 0 Å². The van der Waals surface area contributed by atoms with E-state index in [2.05, 4.69) is 4.98 Å². The zero-order chi connectivity index (χ0) is 23.0. The molecule has 0 N–H and O–H groups in total. The zero-order valence-electron chi connectivity index (χ0n) is 19.2. The first kappa shape index (κ1) is 21.8. The quantitative estimate of drug-likeness (QED) is 0.591. The zero-order valence-corrected chi connectivity index (χ0v) is 19.2. The third-order valence-corrected chi connectivity index (χ3v) is 5.80. The fourth-order valence-electron chi connectivity index (χ4n) is 4.00. The van der Waals surface area contributed by atoms with Crippen molar-refractivity contribution in [2.45, 2.75) is 38.8 Å². The Balaban J connectivity index is 1.57. The van der Waals surface area contributed by atoms with Crippen molar-refractivity contribution in [2.75, 3.05) is 32.6 Å². The van der Waals surface area contributed by atoms with Crippen molar-refractivity contribution in [3.8, 4) is 0 Å². The lowest BCUT2D eigenvalue weighted by molar-refractivity contribution is -0.129. The first-order valence-electron chi connectivity index (χ1n) is 10.8. The lowest BCUT2D eigenvalue weighted by atomic mass is 10.0. The minimum Gasteiger partial charge on any atom is -0.451 e. The summed E-state index contributed by atoms with van der Waals surface area (Å²) in [5.74, 6) is 1.50. The summed E-state index contributed by atoms with van der Waals surface area (Å²) in [7, 11) is 5.54. The van der Waals surface area contributed by atoms with E-state index in [0.717, 1.165) is 16.9 Å². The number of benzene rings is 1. The Labute approximate surface area is 187 Å². The lowest BCUT2D eigenvalue weighted by Crippen LogP contribution is -2.32. The Bertz CT molecular complexity index is 1120. The van der Waals surface area contributed by atoms with Crippen molar-refractivity contribution >= 4 is 28.6 Å². The molecule has 2 amide bonds. The van der Waals surface area contributed by atoms with E-state index in [1.165, 1.54) is 0 Å². The summed E-state index contributed by atoms with van der Waals surface area (Å²) in [5.41, 5.74) is 1.51. The molecule has 0 unspecified atom stereocenters. The SMILES string of the molecule is CC(C)N1C[C@H](c2cc(N(C)C)nc(CN(C)C(=O)c3cc4ccccc4o3)n2)CC1=O. The second kappa shape index (κ2) is 8.61. The monoisotopic (exact) mass is 435 g/mol. The highest BCUT2D eigenvalue weighted by molar-refractivity contribution is 5.95. The normalized spacial score (nSPS) is 16.2. The van der Waals surface area contributed by atoms with E-state index in [9.17, 15) is 9.59 Å². The molecule has 0 radical (unpaired) electrons. The highest BCUT2D eigenvalue weighted by Gasteiger charge is 2.33. The van der Waals surface area contributed by atoms with Gasteiger partial charge in [-0.15, -0.1) is 0 Å². The van der Waals surface area contributed by atoms with Gasteiger partial charge in [-0.1, -0.05) is 18.2 Å². The Kier molecular flexibility index (Phi) is 5.86. The number of carbonyl (C=O) groups excluding carboxylic acids is 2. The summed E-state index contributed by atoms with van der Waals surface area (Å²) >= 11 is 0. The molecular formula is C24H29N5O3. The van der Waals surface area contributed by atoms with Gasteiger partial charge >= 0.3 is 0 Å². The van der Waals surface area contributed by atoms with Gasteiger partial charge in [0.25, 0.3) is 5.91 Å². The van der Waals surface area contributed by atoms with Crippen molar-refractivity contribution in [1.82, 2.24) is 19.8 Å². The first-order chi connectivity index (χ1) is 15.2. The van der Waals surface area contributed by atoms with Crippen LogP contribution < -0.4 is 4.90 Å². The van der Waals surface area contributed by atoms with E-state index in [1.807, 2.05) is 68.1 Å². The Morgan fingerprint density at radius 1 is 1.19 bits per heavy atom. The van der Waals surface area contributed by atoms with E-state index in [4.69, 9.17) is 9.40 Å². The topological polar surface area (TPSA) is 82.8 Å². The van der Waals surface area contributed by atoms with E-state index in [-0.39, 0.29) is 36.1 Å². The molecule has 1 atom stereocenters. The number of likely N-dealkylation sites (tertiary alicyclic amines) is 1. The number of para-hydroxylation sites is 1. The van der Waals surface area contributed by atoms with Crippen molar-refractivity contribution < 1.29 is 14.0 Å². The smallest absolute Gasteiger partial charge is 0.289 e. The van der Waals surface area contributed by atoms with Crippen molar-refractivity contribution in [3.63, 3.8) is 0 Å². The van der Waals surface area contributed by atoms with Crippen LogP contribution in [0.15, 0.2) is 40.8 Å². The molecule has 0 spiro atoms. The molecule has 2 aromatic heterocycles. The van der Waals surface area contributed by atoms with Gasteiger partial charge in [-0.3, -0.25) is 9.59 Å². The molecule has 0 aliphatic carbocycles. The van der Waals surface area contributed by atoms with Crippen LogP contribution in [0.1, 0.15) is 48.3 Å². The summed E-state index contributed by atoms with van der Waals surface area (Å²) < 4.78 is 5.72. The molecule has 32 heavy (non-hydrogen) atoms. The van der Waals surface area contributed by atoms with Crippen molar-refractivity contribution in [2.24, 2.45) is 0 Å². The first-order valence-corrected chi connectivity index (χ1v) is 10.8. The molecule has 0 bridgehead atoms. The number of nitrogens with zero attached hydrogens (tertiary/aromatic N) is 5. The minimum absolute atomic E-state index is 0.0155. The second-order valence-electron chi connectivity index (χ2n) is 8.81. The largest absolute Gasteiger partial charge is 0.451 e. The summed E-state index contributed by atoms with van der Waals surface area (Å²) in [6.07, 6.45) is 0.440. The fourth-order valence-corrected chi connectivity index (χ4v) is 4.00.